The largest absolute Gasteiger partial charge is 0.272 e. The fourth-order valence-corrected chi connectivity index (χ4v) is 4.18. The van der Waals surface area contributed by atoms with Crippen LogP contribution in [0.2, 0.25) is 0 Å². The molecule has 150 valence electrons. The molecule has 5 nitrogen and oxygen atoms in total. The number of aryl methyl sites for hydroxylation is 2. The summed E-state index contributed by atoms with van der Waals surface area (Å²) in [5, 5.41) is 4.84. The normalized spacial score (nSPS) is 18.1. The second-order valence-electron chi connectivity index (χ2n) is 7.53. The smallest absolute Gasteiger partial charge is 0.253 e. The first kappa shape index (κ1) is 21.9. The number of hydrazone groups is 1. The van der Waals surface area contributed by atoms with Crippen LogP contribution in [0.3, 0.4) is 0 Å². The molecule has 1 aliphatic carbocycles. The zero-order valence-corrected chi connectivity index (χ0v) is 17.9. The lowest BCUT2D eigenvalue weighted by Gasteiger charge is -2.12. The summed E-state index contributed by atoms with van der Waals surface area (Å²) in [6.45, 7) is 5.76. The van der Waals surface area contributed by atoms with Gasteiger partial charge in [0.2, 0.25) is 0 Å². The van der Waals surface area contributed by atoms with Crippen LogP contribution in [0.1, 0.15) is 88.9 Å². The third kappa shape index (κ3) is 8.87. The molecule has 27 heavy (non-hydrogen) atoms. The Morgan fingerprint density at radius 3 is 1.96 bits per heavy atom. The molecule has 1 aliphatic rings. The Balaban J connectivity index is 1.87. The third-order valence-corrected chi connectivity index (χ3v) is 5.83. The van der Waals surface area contributed by atoms with Crippen LogP contribution in [0.4, 0.5) is 0 Å². The van der Waals surface area contributed by atoms with Crippen LogP contribution < -0.4 is 5.43 Å². The summed E-state index contributed by atoms with van der Waals surface area (Å²) in [6.07, 6.45) is 13.6. The molecule has 1 amide bonds. The molecule has 1 saturated carbocycles. The second-order valence-corrected chi connectivity index (χ2v) is 8.84. The first-order valence-corrected chi connectivity index (χ1v) is 11.3. The van der Waals surface area contributed by atoms with Crippen LogP contribution in [-0.2, 0) is 4.79 Å². The van der Waals surface area contributed by atoms with Gasteiger partial charge in [-0.05, 0) is 52.5 Å². The van der Waals surface area contributed by atoms with E-state index in [2.05, 4.69) is 20.5 Å². The van der Waals surface area contributed by atoms with Gasteiger partial charge >= 0.3 is 0 Å². The monoisotopic (exact) mass is 390 g/mol. The maximum Gasteiger partial charge on any atom is 0.253 e. The van der Waals surface area contributed by atoms with Crippen LogP contribution >= 0.6 is 11.8 Å². The van der Waals surface area contributed by atoms with Crippen LogP contribution in [0.15, 0.2) is 16.3 Å². The van der Waals surface area contributed by atoms with Crippen LogP contribution in [-0.4, -0.2) is 26.8 Å². The summed E-state index contributed by atoms with van der Waals surface area (Å²) >= 11 is 1.38. The Hall–Kier alpha value is -1.43. The van der Waals surface area contributed by atoms with Crippen molar-refractivity contribution in [3.05, 3.63) is 17.5 Å². The van der Waals surface area contributed by atoms with Crippen LogP contribution in [0, 0.1) is 13.8 Å². The molecule has 1 heterocycles. The molecule has 0 spiro atoms. The van der Waals surface area contributed by atoms with Crippen LogP contribution in [0.5, 0.6) is 0 Å². The molecule has 0 bridgehead atoms. The molecular weight excluding hydrogens is 356 g/mol. The predicted molar refractivity (Wildman–Crippen MR) is 113 cm³/mol. The van der Waals surface area contributed by atoms with Gasteiger partial charge in [0.1, 0.15) is 0 Å². The van der Waals surface area contributed by atoms with E-state index < -0.39 is 0 Å². The number of amides is 1. The SMILES string of the molecule is Cc1cc(C)nc(SC(C)C(=O)NN=C2CCCCCCCCCCC2)n1. The molecule has 0 aliphatic heterocycles. The summed E-state index contributed by atoms with van der Waals surface area (Å²) in [5.41, 5.74) is 5.77. The fraction of sp³-hybridized carbons (Fsp3) is 0.714. The molecule has 0 aromatic carbocycles. The van der Waals surface area contributed by atoms with Gasteiger partial charge in [-0.3, -0.25) is 4.79 Å². The van der Waals surface area contributed by atoms with E-state index in [9.17, 15) is 4.79 Å². The molecule has 1 aromatic heterocycles. The highest BCUT2D eigenvalue weighted by Crippen LogP contribution is 2.20. The third-order valence-electron chi connectivity index (χ3n) is 4.87. The highest BCUT2D eigenvalue weighted by atomic mass is 32.2. The highest BCUT2D eigenvalue weighted by molar-refractivity contribution is 8.00. The summed E-state index contributed by atoms with van der Waals surface area (Å²) in [4.78, 5) is 21.2. The van der Waals surface area contributed by atoms with Gasteiger partial charge in [0, 0.05) is 17.1 Å². The van der Waals surface area contributed by atoms with Gasteiger partial charge in [-0.2, -0.15) is 5.10 Å². The van der Waals surface area contributed by atoms with Crippen LogP contribution in [0.25, 0.3) is 0 Å². The van der Waals surface area contributed by atoms with Gasteiger partial charge in [0.15, 0.2) is 5.16 Å². The first-order chi connectivity index (χ1) is 13.0. The summed E-state index contributed by atoms with van der Waals surface area (Å²) in [7, 11) is 0. The van der Waals surface area contributed by atoms with E-state index in [1.54, 1.807) is 0 Å². The second kappa shape index (κ2) is 12.1. The number of rotatable bonds is 4. The standard InChI is InChI=1S/C21H34N4OS/c1-16-15-17(2)23-21(22-16)27-18(3)20(26)25-24-19-13-11-9-7-5-4-6-8-10-12-14-19/h15,18H,4-14H2,1-3H3,(H,25,26). The minimum absolute atomic E-state index is 0.0821. The Kier molecular flexibility index (Phi) is 9.81. The molecule has 1 unspecified atom stereocenters. The van der Waals surface area contributed by atoms with Gasteiger partial charge in [0.05, 0.1) is 5.25 Å². The number of hydrogen-bond donors (Lipinski definition) is 1. The summed E-state index contributed by atoms with van der Waals surface area (Å²) < 4.78 is 0. The number of thioether (sulfide) groups is 1. The van der Waals surface area contributed by atoms with Gasteiger partial charge in [-0.15, -0.1) is 0 Å². The van der Waals surface area contributed by atoms with Crippen molar-refractivity contribution in [3.8, 4) is 0 Å². The predicted octanol–water partition coefficient (Wildman–Crippen LogP) is 5.35. The number of hydrogen-bond acceptors (Lipinski definition) is 5. The molecule has 1 fully saturated rings. The van der Waals surface area contributed by atoms with E-state index in [1.165, 1.54) is 69.5 Å². The van der Waals surface area contributed by atoms with E-state index in [4.69, 9.17) is 0 Å². The Morgan fingerprint density at radius 1 is 0.963 bits per heavy atom. The van der Waals surface area contributed by atoms with Gasteiger partial charge in [-0.1, -0.05) is 56.7 Å². The van der Waals surface area contributed by atoms with Crippen molar-refractivity contribution in [2.45, 2.75) is 102 Å². The van der Waals surface area contributed by atoms with E-state index in [1.807, 2.05) is 26.8 Å². The number of carbonyl (C=O) groups excluding carboxylic acids is 1. The van der Waals surface area contributed by atoms with E-state index in [-0.39, 0.29) is 11.2 Å². The zero-order valence-electron chi connectivity index (χ0n) is 17.1. The molecular formula is C21H34N4OS. The fourth-order valence-electron chi connectivity index (χ4n) is 3.32. The van der Waals surface area contributed by atoms with Crippen molar-refractivity contribution < 1.29 is 4.79 Å². The molecule has 0 radical (unpaired) electrons. The average molecular weight is 391 g/mol. The highest BCUT2D eigenvalue weighted by Gasteiger charge is 2.16. The molecule has 2 rings (SSSR count). The molecule has 0 saturated heterocycles. The van der Waals surface area contributed by atoms with Crippen molar-refractivity contribution in [1.29, 1.82) is 0 Å². The Labute approximate surface area is 168 Å². The lowest BCUT2D eigenvalue weighted by atomic mass is 10.00. The summed E-state index contributed by atoms with van der Waals surface area (Å²) in [5.74, 6) is -0.0821. The number of carbonyl (C=O) groups is 1. The van der Waals surface area contributed by atoms with E-state index >= 15 is 0 Å². The van der Waals surface area contributed by atoms with Gasteiger partial charge < -0.3 is 0 Å². The quantitative estimate of drug-likeness (QED) is 0.427. The minimum Gasteiger partial charge on any atom is -0.272 e. The van der Waals surface area contributed by atoms with Crippen molar-refractivity contribution in [3.63, 3.8) is 0 Å². The molecule has 1 atom stereocenters. The van der Waals surface area contributed by atoms with Crippen molar-refractivity contribution in [1.82, 2.24) is 15.4 Å². The Morgan fingerprint density at radius 2 is 1.44 bits per heavy atom. The van der Waals surface area contributed by atoms with Crippen molar-refractivity contribution >= 4 is 23.4 Å². The van der Waals surface area contributed by atoms with Crippen molar-refractivity contribution in [2.75, 3.05) is 0 Å². The first-order valence-electron chi connectivity index (χ1n) is 10.4. The molecule has 1 aromatic rings. The van der Waals surface area contributed by atoms with Gasteiger partial charge in [-0.25, -0.2) is 15.4 Å². The van der Waals surface area contributed by atoms with Gasteiger partial charge in [0.25, 0.3) is 5.91 Å². The lowest BCUT2D eigenvalue weighted by Crippen LogP contribution is -2.28. The van der Waals surface area contributed by atoms with E-state index in [0.29, 0.717) is 5.16 Å². The maximum absolute atomic E-state index is 12.4. The topological polar surface area (TPSA) is 67.2 Å². The average Bonchev–Trinajstić information content (AvgIpc) is 2.60. The number of nitrogens with one attached hydrogen (secondary N) is 1. The zero-order chi connectivity index (χ0) is 19.5. The number of nitrogens with zero attached hydrogens (tertiary/aromatic N) is 3. The Bertz CT molecular complexity index is 598. The van der Waals surface area contributed by atoms with E-state index in [0.717, 1.165) is 29.9 Å². The summed E-state index contributed by atoms with van der Waals surface area (Å²) in [6, 6.07) is 1.93. The maximum atomic E-state index is 12.4. The molecule has 1 N–H and O–H groups in total. The minimum atomic E-state index is -0.276. The molecule has 6 heteroatoms. The lowest BCUT2D eigenvalue weighted by molar-refractivity contribution is -0.120. The number of aromatic nitrogens is 2. The van der Waals surface area contributed by atoms with Crippen molar-refractivity contribution in [2.24, 2.45) is 5.10 Å².